The van der Waals surface area contributed by atoms with E-state index in [-0.39, 0.29) is 23.7 Å². The van der Waals surface area contributed by atoms with Crippen molar-refractivity contribution in [2.75, 3.05) is 27.2 Å². The van der Waals surface area contributed by atoms with Crippen LogP contribution in [0.25, 0.3) is 6.08 Å². The molecule has 3 aliphatic carbocycles. The van der Waals surface area contributed by atoms with Crippen molar-refractivity contribution in [1.82, 2.24) is 9.80 Å². The van der Waals surface area contributed by atoms with Crippen molar-refractivity contribution in [2.24, 2.45) is 5.92 Å². The van der Waals surface area contributed by atoms with E-state index in [2.05, 4.69) is 4.90 Å². The molecule has 7 nitrogen and oxygen atoms in total. The summed E-state index contributed by atoms with van der Waals surface area (Å²) in [7, 11) is 3.46. The molecule has 7 rings (SSSR count). The fourth-order valence-corrected chi connectivity index (χ4v) is 8.05. The summed E-state index contributed by atoms with van der Waals surface area (Å²) in [6.45, 7) is 1.95. The lowest BCUT2D eigenvalue weighted by Gasteiger charge is -2.64. The Morgan fingerprint density at radius 3 is 2.87 bits per heavy atom. The number of phenols is 1. The zero-order chi connectivity index (χ0) is 26.2. The highest BCUT2D eigenvalue weighted by molar-refractivity contribution is 5.92. The second kappa shape index (κ2) is 8.48. The summed E-state index contributed by atoms with van der Waals surface area (Å²) < 4.78 is 11.9. The van der Waals surface area contributed by atoms with Gasteiger partial charge in [0.05, 0.1) is 24.2 Å². The van der Waals surface area contributed by atoms with Crippen molar-refractivity contribution in [1.29, 1.82) is 0 Å². The Hall–Kier alpha value is -3.03. The van der Waals surface area contributed by atoms with Crippen LogP contribution in [-0.2, 0) is 16.6 Å². The predicted molar refractivity (Wildman–Crippen MR) is 143 cm³/mol. The number of carbonyl (C=O) groups excluding carboxylic acids is 1. The summed E-state index contributed by atoms with van der Waals surface area (Å²) >= 11 is 0. The maximum absolute atomic E-state index is 13.4. The van der Waals surface area contributed by atoms with Gasteiger partial charge in [0.2, 0.25) is 5.91 Å². The average Bonchev–Trinajstić information content (AvgIpc) is 3.67. The molecule has 0 unspecified atom stereocenters. The maximum atomic E-state index is 13.4. The number of phenolic OH excluding ortho intramolecular Hbond substituents is 1. The maximum Gasteiger partial charge on any atom is 0.246 e. The number of hydrogen-bond donors (Lipinski definition) is 2. The number of benzene rings is 2. The minimum absolute atomic E-state index is 0.0286. The monoisotopic (exact) mass is 516 g/mol. The molecule has 2 aromatic rings. The molecule has 2 bridgehead atoms. The van der Waals surface area contributed by atoms with E-state index in [4.69, 9.17) is 9.47 Å². The molecule has 2 aliphatic heterocycles. The number of methoxy groups -OCH3 is 1. The number of nitrogens with zero attached hydrogens (tertiary/aromatic N) is 2. The lowest BCUT2D eigenvalue weighted by molar-refractivity contribution is -0.200. The molecule has 0 radical (unpaired) electrons. The highest BCUT2D eigenvalue weighted by atomic mass is 16.5. The van der Waals surface area contributed by atoms with Gasteiger partial charge in [0.1, 0.15) is 11.9 Å². The minimum atomic E-state index is -0.951. The van der Waals surface area contributed by atoms with Crippen molar-refractivity contribution in [3.05, 3.63) is 59.2 Å². The van der Waals surface area contributed by atoms with Crippen LogP contribution in [0.15, 0.2) is 42.5 Å². The predicted octanol–water partition coefficient (Wildman–Crippen LogP) is 3.51. The smallest absolute Gasteiger partial charge is 0.246 e. The first-order chi connectivity index (χ1) is 18.4. The Labute approximate surface area is 223 Å². The average molecular weight is 517 g/mol. The fraction of sp³-hybridized carbons (Fsp3) is 0.516. The number of amides is 1. The number of piperidine rings is 1. The molecule has 5 atom stereocenters. The molecule has 1 spiro atoms. The van der Waals surface area contributed by atoms with Gasteiger partial charge in [-0.15, -0.1) is 0 Å². The van der Waals surface area contributed by atoms with Crippen LogP contribution in [0.2, 0.25) is 0 Å². The second-order valence-corrected chi connectivity index (χ2v) is 12.0. The van der Waals surface area contributed by atoms with Crippen molar-refractivity contribution >= 4 is 12.0 Å². The highest BCUT2D eigenvalue weighted by Crippen LogP contribution is 2.66. The third kappa shape index (κ3) is 3.31. The topological polar surface area (TPSA) is 82.5 Å². The van der Waals surface area contributed by atoms with Gasteiger partial charge in [0.25, 0.3) is 0 Å². The Morgan fingerprint density at radius 2 is 2.08 bits per heavy atom. The minimum Gasteiger partial charge on any atom is -0.504 e. The SMILES string of the molecule is COc1cccc(/C=C/C(=O)N(C)[C@@H]2CC[C@@]3(O)[C@@H]4Cc5ccc(O)c6c5[C@@]3(CCN4CC3CC3)[C@H]2O6)c1. The molecule has 2 aromatic carbocycles. The number of carbonyl (C=O) groups is 1. The molecule has 2 N–H and O–H groups in total. The second-order valence-electron chi connectivity index (χ2n) is 12.0. The zero-order valence-electron chi connectivity index (χ0n) is 22.1. The summed E-state index contributed by atoms with van der Waals surface area (Å²) in [6, 6.07) is 11.2. The Kier molecular flexibility index (Phi) is 5.37. The van der Waals surface area contributed by atoms with Gasteiger partial charge in [-0.05, 0) is 86.4 Å². The van der Waals surface area contributed by atoms with E-state index in [1.807, 2.05) is 37.4 Å². The van der Waals surface area contributed by atoms with Crippen LogP contribution in [0.3, 0.4) is 0 Å². The Morgan fingerprint density at radius 1 is 1.24 bits per heavy atom. The summed E-state index contributed by atoms with van der Waals surface area (Å²) in [4.78, 5) is 17.7. The van der Waals surface area contributed by atoms with Crippen LogP contribution in [0.4, 0.5) is 0 Å². The van der Waals surface area contributed by atoms with Gasteiger partial charge >= 0.3 is 0 Å². The molecule has 2 heterocycles. The van der Waals surface area contributed by atoms with Crippen molar-refractivity contribution in [3.63, 3.8) is 0 Å². The van der Waals surface area contributed by atoms with E-state index in [9.17, 15) is 15.0 Å². The fourth-order valence-electron chi connectivity index (χ4n) is 8.05. The molecule has 5 aliphatic rings. The molecule has 7 heteroatoms. The van der Waals surface area contributed by atoms with Crippen molar-refractivity contribution < 1.29 is 24.5 Å². The summed E-state index contributed by atoms with van der Waals surface area (Å²) in [5.74, 6) is 2.02. The quantitative estimate of drug-likeness (QED) is 0.572. The molecule has 1 saturated heterocycles. The Balaban J connectivity index is 1.23. The van der Waals surface area contributed by atoms with Crippen LogP contribution in [0.1, 0.15) is 48.8 Å². The molecule has 38 heavy (non-hydrogen) atoms. The molecule has 200 valence electrons. The van der Waals surface area contributed by atoms with E-state index < -0.39 is 17.1 Å². The highest BCUT2D eigenvalue weighted by Gasteiger charge is 2.73. The standard InChI is InChI=1S/C31H36N2O5/c1-32(26(35)11-8-19-4-3-5-22(16-19)37-2)23-12-13-31(36)25-17-21-9-10-24(34)28-27(21)30(31,29(23)38-28)14-15-33(25)18-20-6-7-20/h3-5,8-11,16,20,23,25,29,34,36H,6-7,12-15,17-18H2,1-2H3/b11-8+/t23-,25+,29+,30+,31-/m1/s1. The molecule has 1 amide bonds. The lowest BCUT2D eigenvalue weighted by atomic mass is 9.48. The van der Waals surface area contributed by atoms with Crippen molar-refractivity contribution in [3.8, 4) is 17.2 Å². The number of hydrogen-bond acceptors (Lipinski definition) is 6. The molecular formula is C31H36N2O5. The number of aliphatic hydroxyl groups is 1. The number of aromatic hydroxyl groups is 1. The van der Waals surface area contributed by atoms with Crippen LogP contribution in [-0.4, -0.2) is 77.0 Å². The van der Waals surface area contributed by atoms with Crippen LogP contribution in [0, 0.1) is 5.92 Å². The number of rotatable bonds is 6. The third-order valence-electron chi connectivity index (χ3n) is 10.1. The van der Waals surface area contributed by atoms with E-state index in [1.165, 1.54) is 18.4 Å². The third-order valence-corrected chi connectivity index (χ3v) is 10.1. The molecule has 2 saturated carbocycles. The molecule has 0 aromatic heterocycles. The van der Waals surface area contributed by atoms with Gasteiger partial charge in [0.15, 0.2) is 11.5 Å². The molecular weight excluding hydrogens is 480 g/mol. The molecule has 3 fully saturated rings. The van der Waals surface area contributed by atoms with Gasteiger partial charge in [0, 0.05) is 31.3 Å². The van der Waals surface area contributed by atoms with E-state index in [1.54, 1.807) is 30.2 Å². The van der Waals surface area contributed by atoms with Crippen molar-refractivity contribution in [2.45, 2.75) is 67.7 Å². The van der Waals surface area contributed by atoms with Gasteiger partial charge in [-0.25, -0.2) is 0 Å². The number of likely N-dealkylation sites (tertiary alicyclic amines) is 1. The van der Waals surface area contributed by atoms with Crippen LogP contribution in [0.5, 0.6) is 17.2 Å². The van der Waals surface area contributed by atoms with Gasteiger partial charge in [-0.1, -0.05) is 18.2 Å². The summed E-state index contributed by atoms with van der Waals surface area (Å²) in [6.07, 6.45) is 8.35. The summed E-state index contributed by atoms with van der Waals surface area (Å²) in [5.41, 5.74) is 1.47. The van der Waals surface area contributed by atoms with E-state index in [0.29, 0.717) is 18.6 Å². The van der Waals surface area contributed by atoms with E-state index >= 15 is 0 Å². The zero-order valence-corrected chi connectivity index (χ0v) is 22.1. The Bertz CT molecular complexity index is 1320. The lowest BCUT2D eigenvalue weighted by Crippen LogP contribution is -2.78. The first-order valence-corrected chi connectivity index (χ1v) is 13.9. The van der Waals surface area contributed by atoms with Gasteiger partial charge in [-0.3, -0.25) is 9.69 Å². The van der Waals surface area contributed by atoms with Gasteiger partial charge < -0.3 is 24.6 Å². The summed E-state index contributed by atoms with van der Waals surface area (Å²) in [5, 5.41) is 23.5. The van der Waals surface area contributed by atoms with Crippen LogP contribution >= 0.6 is 0 Å². The largest absolute Gasteiger partial charge is 0.504 e. The first-order valence-electron chi connectivity index (χ1n) is 13.9. The van der Waals surface area contributed by atoms with E-state index in [0.717, 1.165) is 48.7 Å². The number of ether oxygens (including phenoxy) is 2. The van der Waals surface area contributed by atoms with Gasteiger partial charge in [-0.2, -0.15) is 0 Å². The number of likely N-dealkylation sites (N-methyl/N-ethyl adjacent to an activating group) is 1. The van der Waals surface area contributed by atoms with Crippen LogP contribution < -0.4 is 9.47 Å². The first kappa shape index (κ1) is 24.0. The normalized spacial score (nSPS) is 33.1.